The topological polar surface area (TPSA) is 46.6 Å². The number of ether oxygens (including phenoxy) is 1. The number of hydrogen-bond acceptors (Lipinski definition) is 4. The van der Waals surface area contributed by atoms with Gasteiger partial charge < -0.3 is 9.64 Å². The number of carbonyl (C=O) groups excluding carboxylic acids is 2. The third-order valence-electron chi connectivity index (χ3n) is 6.80. The Morgan fingerprint density at radius 1 is 0.938 bits per heavy atom. The molecule has 32 heavy (non-hydrogen) atoms. The maximum Gasteiger partial charge on any atom is 0.338 e. The van der Waals surface area contributed by atoms with Crippen molar-refractivity contribution in [3.8, 4) is 0 Å². The Labute approximate surface area is 200 Å². The number of amides is 1. The van der Waals surface area contributed by atoms with Gasteiger partial charge in [0.05, 0.1) is 5.56 Å². The molecule has 0 aliphatic rings. The minimum absolute atomic E-state index is 0.00244. The van der Waals surface area contributed by atoms with Crippen molar-refractivity contribution in [1.29, 1.82) is 0 Å². The predicted molar refractivity (Wildman–Crippen MR) is 138 cm³/mol. The molecular formula is C27H45NO3S. The van der Waals surface area contributed by atoms with E-state index in [1.807, 2.05) is 30.9 Å². The van der Waals surface area contributed by atoms with E-state index in [2.05, 4.69) is 54.5 Å². The number of benzene rings is 1. The fourth-order valence-electron chi connectivity index (χ4n) is 3.41. The number of hydrogen-bond donors (Lipinski definition) is 0. The van der Waals surface area contributed by atoms with E-state index in [-0.39, 0.29) is 28.0 Å². The van der Waals surface area contributed by atoms with Crippen LogP contribution in [0.3, 0.4) is 0 Å². The van der Waals surface area contributed by atoms with Gasteiger partial charge in [0, 0.05) is 30.5 Å². The molecule has 1 rings (SSSR count). The fourth-order valence-corrected chi connectivity index (χ4v) is 4.25. The highest BCUT2D eigenvalue weighted by molar-refractivity contribution is 7.99. The van der Waals surface area contributed by atoms with Gasteiger partial charge in [-0.15, -0.1) is 0 Å². The van der Waals surface area contributed by atoms with Gasteiger partial charge in [0.15, 0.2) is 0 Å². The number of esters is 1. The summed E-state index contributed by atoms with van der Waals surface area (Å²) in [6.07, 6.45) is 2.51. The van der Waals surface area contributed by atoms with E-state index >= 15 is 0 Å². The number of nitrogens with zero attached hydrogens (tertiary/aromatic N) is 1. The molecule has 1 aromatic rings. The molecule has 0 aliphatic carbocycles. The molecule has 0 N–H and O–H groups in total. The summed E-state index contributed by atoms with van der Waals surface area (Å²) < 4.78 is 5.62. The zero-order chi connectivity index (χ0) is 24.5. The fraction of sp³-hybridized carbons (Fsp3) is 0.704. The van der Waals surface area contributed by atoms with Gasteiger partial charge in [0.2, 0.25) is 5.91 Å². The molecule has 0 saturated heterocycles. The molecule has 0 radical (unpaired) electrons. The Bertz CT molecular complexity index is 719. The van der Waals surface area contributed by atoms with Crippen LogP contribution in [-0.2, 0) is 20.4 Å². The van der Waals surface area contributed by atoms with Crippen molar-refractivity contribution in [2.75, 3.05) is 25.4 Å². The second-order valence-corrected chi connectivity index (χ2v) is 11.4. The van der Waals surface area contributed by atoms with Gasteiger partial charge in [0.1, 0.15) is 6.61 Å². The first kappa shape index (κ1) is 28.5. The summed E-state index contributed by atoms with van der Waals surface area (Å²) in [5.41, 5.74) is 3.00. The average molecular weight is 464 g/mol. The Hall–Kier alpha value is -1.49. The summed E-state index contributed by atoms with van der Waals surface area (Å²) in [5.74, 6) is 0.610. The molecule has 1 aromatic carbocycles. The first-order valence-electron chi connectivity index (χ1n) is 12.1. The summed E-state index contributed by atoms with van der Waals surface area (Å²) in [5, 5.41) is 0.201. The van der Waals surface area contributed by atoms with Crippen LogP contribution in [0.4, 0.5) is 0 Å². The van der Waals surface area contributed by atoms with Crippen molar-refractivity contribution in [3.05, 3.63) is 34.9 Å². The molecule has 0 spiro atoms. The van der Waals surface area contributed by atoms with Crippen molar-refractivity contribution in [1.82, 2.24) is 4.90 Å². The normalized spacial score (nSPS) is 13.0. The Morgan fingerprint density at radius 2 is 1.44 bits per heavy atom. The monoisotopic (exact) mass is 463 g/mol. The van der Waals surface area contributed by atoms with Gasteiger partial charge in [-0.2, -0.15) is 11.8 Å². The van der Waals surface area contributed by atoms with Crippen LogP contribution in [-0.4, -0.2) is 47.5 Å². The lowest BCUT2D eigenvalue weighted by Gasteiger charge is -2.29. The Morgan fingerprint density at radius 3 is 1.88 bits per heavy atom. The third-order valence-corrected chi connectivity index (χ3v) is 7.93. The smallest absolute Gasteiger partial charge is 0.338 e. The standard InChI is InChI=1S/C27H45NO3S/c1-10-26(6,7)22-17-21(18-23(19-22)27(8,9)11-2)25(30)31-14-15-32-20(5)16-24(29)28(12-3)13-4/h17-20H,10-16H2,1-9H3. The van der Waals surface area contributed by atoms with Crippen LogP contribution in [0.5, 0.6) is 0 Å². The summed E-state index contributed by atoms with van der Waals surface area (Å²) >= 11 is 1.68. The number of thioether (sulfide) groups is 1. The second kappa shape index (κ2) is 12.7. The minimum atomic E-state index is -0.264. The molecule has 0 saturated carbocycles. The maximum absolute atomic E-state index is 12.9. The Balaban J connectivity index is 2.79. The van der Waals surface area contributed by atoms with Crippen molar-refractivity contribution >= 4 is 23.6 Å². The second-order valence-electron chi connectivity index (χ2n) is 9.86. The first-order valence-corrected chi connectivity index (χ1v) is 13.2. The van der Waals surface area contributed by atoms with Gasteiger partial charge in [-0.1, -0.05) is 54.5 Å². The molecule has 1 atom stereocenters. The van der Waals surface area contributed by atoms with Crippen molar-refractivity contribution in [2.45, 2.75) is 97.7 Å². The van der Waals surface area contributed by atoms with E-state index in [0.717, 1.165) is 25.9 Å². The quantitative estimate of drug-likeness (QED) is 0.244. The highest BCUT2D eigenvalue weighted by Crippen LogP contribution is 2.34. The summed E-state index contributed by atoms with van der Waals surface area (Å²) in [6.45, 7) is 21.1. The van der Waals surface area contributed by atoms with Crippen LogP contribution in [0.25, 0.3) is 0 Å². The van der Waals surface area contributed by atoms with Crippen LogP contribution in [0.1, 0.15) is 103 Å². The zero-order valence-electron chi connectivity index (χ0n) is 21.8. The van der Waals surface area contributed by atoms with Crippen molar-refractivity contribution < 1.29 is 14.3 Å². The lowest BCUT2D eigenvalue weighted by Crippen LogP contribution is -2.32. The minimum Gasteiger partial charge on any atom is -0.461 e. The van der Waals surface area contributed by atoms with Gasteiger partial charge in [-0.25, -0.2) is 4.79 Å². The molecule has 5 heteroatoms. The molecular weight excluding hydrogens is 418 g/mol. The van der Waals surface area contributed by atoms with E-state index < -0.39 is 0 Å². The molecule has 1 amide bonds. The molecule has 0 aliphatic heterocycles. The number of carbonyl (C=O) groups is 2. The van der Waals surface area contributed by atoms with E-state index in [9.17, 15) is 9.59 Å². The van der Waals surface area contributed by atoms with E-state index in [0.29, 0.717) is 24.3 Å². The van der Waals surface area contributed by atoms with E-state index in [1.165, 1.54) is 11.1 Å². The van der Waals surface area contributed by atoms with E-state index in [1.54, 1.807) is 11.8 Å². The Kier molecular flexibility index (Phi) is 11.3. The summed E-state index contributed by atoms with van der Waals surface area (Å²) in [6, 6.07) is 6.26. The number of rotatable bonds is 13. The summed E-state index contributed by atoms with van der Waals surface area (Å²) in [7, 11) is 0. The molecule has 4 nitrogen and oxygen atoms in total. The van der Waals surface area contributed by atoms with Crippen LogP contribution in [0, 0.1) is 0 Å². The molecule has 0 aromatic heterocycles. The largest absolute Gasteiger partial charge is 0.461 e. The third kappa shape index (κ3) is 8.13. The highest BCUT2D eigenvalue weighted by atomic mass is 32.2. The molecule has 182 valence electrons. The molecule has 0 heterocycles. The van der Waals surface area contributed by atoms with Gasteiger partial charge >= 0.3 is 5.97 Å². The van der Waals surface area contributed by atoms with Crippen LogP contribution >= 0.6 is 11.8 Å². The average Bonchev–Trinajstić information content (AvgIpc) is 2.76. The molecule has 0 bridgehead atoms. The van der Waals surface area contributed by atoms with Crippen molar-refractivity contribution in [2.24, 2.45) is 0 Å². The van der Waals surface area contributed by atoms with Gasteiger partial charge in [-0.3, -0.25) is 4.79 Å². The zero-order valence-corrected chi connectivity index (χ0v) is 22.7. The van der Waals surface area contributed by atoms with Crippen LogP contribution in [0.15, 0.2) is 18.2 Å². The highest BCUT2D eigenvalue weighted by Gasteiger charge is 2.26. The molecule has 1 unspecified atom stereocenters. The maximum atomic E-state index is 12.9. The van der Waals surface area contributed by atoms with Gasteiger partial charge in [0.25, 0.3) is 0 Å². The first-order chi connectivity index (χ1) is 14.9. The summed E-state index contributed by atoms with van der Waals surface area (Å²) in [4.78, 5) is 27.0. The van der Waals surface area contributed by atoms with Crippen molar-refractivity contribution in [3.63, 3.8) is 0 Å². The van der Waals surface area contributed by atoms with E-state index in [4.69, 9.17) is 4.74 Å². The molecule has 0 fully saturated rings. The van der Waals surface area contributed by atoms with Crippen LogP contribution in [0.2, 0.25) is 0 Å². The SMILES string of the molecule is CCN(CC)C(=O)CC(C)SCCOC(=O)c1cc(C(C)(C)CC)cc(C(C)(C)CC)c1. The predicted octanol–water partition coefficient (Wildman–Crippen LogP) is 6.60. The van der Waals surface area contributed by atoms with Gasteiger partial charge in [-0.05, 0) is 60.8 Å². The lowest BCUT2D eigenvalue weighted by atomic mass is 9.76. The lowest BCUT2D eigenvalue weighted by molar-refractivity contribution is -0.130. The van der Waals surface area contributed by atoms with Crippen LogP contribution < -0.4 is 0 Å².